The number of amides is 1. The van der Waals surface area contributed by atoms with Gasteiger partial charge >= 0.3 is 5.97 Å². The van der Waals surface area contributed by atoms with E-state index in [1.165, 1.54) is 0 Å². The largest absolute Gasteiger partial charge is 0.481 e. The van der Waals surface area contributed by atoms with E-state index >= 15 is 0 Å². The number of aliphatic carboxylic acids is 1. The Hall–Kier alpha value is -1.14. The Morgan fingerprint density at radius 1 is 1.50 bits per heavy atom. The fourth-order valence-corrected chi connectivity index (χ4v) is 0.333. The van der Waals surface area contributed by atoms with Crippen LogP contribution in [-0.2, 0) is 9.59 Å². The van der Waals surface area contributed by atoms with Gasteiger partial charge in [0.05, 0.1) is 6.42 Å². The molecule has 6 heteroatoms. The zero-order chi connectivity index (χ0) is 8.15. The Balaban J connectivity index is 3.72. The summed E-state index contributed by atoms with van der Waals surface area (Å²) in [5, 5.41) is 24.4. The number of hydrogen-bond donors (Lipinski definition) is 4. The first-order valence-electron chi connectivity index (χ1n) is 2.41. The number of aliphatic hydroxyl groups is 1. The van der Waals surface area contributed by atoms with E-state index in [4.69, 9.17) is 15.4 Å². The van der Waals surface area contributed by atoms with Crippen LogP contribution in [-0.4, -0.2) is 33.4 Å². The summed E-state index contributed by atoms with van der Waals surface area (Å²) in [6, 6.07) is 0. The maximum Gasteiger partial charge on any atom is 0.306 e. The lowest BCUT2D eigenvalue weighted by atomic mass is 10.2. The average Bonchev–Trinajstić information content (AvgIpc) is 1.85. The average molecular weight is 149 g/mol. The van der Waals surface area contributed by atoms with E-state index < -0.39 is 24.4 Å². The molecule has 10 heavy (non-hydrogen) atoms. The molecule has 0 aliphatic heterocycles. The summed E-state index contributed by atoms with van der Waals surface area (Å²) < 4.78 is 0. The van der Waals surface area contributed by atoms with Crippen LogP contribution in [0.2, 0.25) is 0 Å². The van der Waals surface area contributed by atoms with Crippen LogP contribution < -0.4 is 5.48 Å². The van der Waals surface area contributed by atoms with Gasteiger partial charge in [0.15, 0.2) is 0 Å². The summed E-state index contributed by atoms with van der Waals surface area (Å²) in [6.07, 6.45) is -2.41. The van der Waals surface area contributed by atoms with Crippen LogP contribution in [0.15, 0.2) is 0 Å². The molecule has 1 unspecified atom stereocenters. The van der Waals surface area contributed by atoms with Crippen molar-refractivity contribution in [2.75, 3.05) is 0 Å². The smallest absolute Gasteiger partial charge is 0.306 e. The quantitative estimate of drug-likeness (QED) is 0.283. The van der Waals surface area contributed by atoms with Crippen molar-refractivity contribution < 1.29 is 25.0 Å². The number of rotatable bonds is 3. The Labute approximate surface area is 56.0 Å². The molecule has 0 aromatic heterocycles. The first-order chi connectivity index (χ1) is 4.57. The van der Waals surface area contributed by atoms with Crippen LogP contribution in [0.25, 0.3) is 0 Å². The highest BCUT2D eigenvalue weighted by molar-refractivity contribution is 5.83. The number of aliphatic hydroxyl groups excluding tert-OH is 1. The molecule has 0 spiro atoms. The number of nitrogens with one attached hydrogen (secondary N) is 1. The predicted molar refractivity (Wildman–Crippen MR) is 28.2 cm³/mol. The van der Waals surface area contributed by atoms with Gasteiger partial charge < -0.3 is 10.2 Å². The molecule has 0 radical (unpaired) electrons. The third-order valence-corrected chi connectivity index (χ3v) is 0.781. The van der Waals surface area contributed by atoms with Crippen molar-refractivity contribution >= 4 is 11.9 Å². The van der Waals surface area contributed by atoms with E-state index in [2.05, 4.69) is 0 Å². The van der Waals surface area contributed by atoms with Crippen molar-refractivity contribution in [1.82, 2.24) is 5.48 Å². The molecule has 0 aromatic carbocycles. The van der Waals surface area contributed by atoms with Crippen LogP contribution in [0.1, 0.15) is 6.42 Å². The van der Waals surface area contributed by atoms with Crippen molar-refractivity contribution in [3.05, 3.63) is 0 Å². The molecule has 0 aliphatic carbocycles. The van der Waals surface area contributed by atoms with Gasteiger partial charge in [0.25, 0.3) is 5.91 Å². The van der Waals surface area contributed by atoms with Gasteiger partial charge in [-0.15, -0.1) is 0 Å². The molecule has 0 saturated carbocycles. The molecule has 58 valence electrons. The Morgan fingerprint density at radius 3 is 2.30 bits per heavy atom. The summed E-state index contributed by atoms with van der Waals surface area (Å²) in [7, 11) is 0. The van der Waals surface area contributed by atoms with Crippen LogP contribution >= 0.6 is 0 Å². The maximum atomic E-state index is 10.2. The highest BCUT2D eigenvalue weighted by Gasteiger charge is 2.16. The van der Waals surface area contributed by atoms with Crippen LogP contribution in [0.3, 0.4) is 0 Å². The second-order valence-electron chi connectivity index (χ2n) is 1.59. The van der Waals surface area contributed by atoms with E-state index in [0.29, 0.717) is 0 Å². The van der Waals surface area contributed by atoms with Gasteiger partial charge in [-0.05, 0) is 0 Å². The molecular formula is C4H7NO5. The summed E-state index contributed by atoms with van der Waals surface area (Å²) in [6.45, 7) is 0. The first-order valence-corrected chi connectivity index (χ1v) is 2.41. The molecular weight excluding hydrogens is 142 g/mol. The standard InChI is InChI=1S/C4H7NO5/c6-2(1-3(7)8)4(9)5-10/h2,6,10H,1H2,(H,5,9)(H,7,8). The molecule has 0 saturated heterocycles. The highest BCUT2D eigenvalue weighted by atomic mass is 16.5. The summed E-state index contributed by atoms with van der Waals surface area (Å²) in [5.74, 6) is -2.43. The number of hydroxylamine groups is 1. The minimum absolute atomic E-state index is 0.716. The molecule has 1 atom stereocenters. The van der Waals surface area contributed by atoms with E-state index in [9.17, 15) is 9.59 Å². The Morgan fingerprint density at radius 2 is 2.00 bits per heavy atom. The zero-order valence-electron chi connectivity index (χ0n) is 4.94. The molecule has 6 nitrogen and oxygen atoms in total. The number of carbonyl (C=O) groups excluding carboxylic acids is 1. The molecule has 0 aliphatic rings. The molecule has 1 amide bonds. The predicted octanol–water partition coefficient (Wildman–Crippen LogP) is -1.67. The van der Waals surface area contributed by atoms with Gasteiger partial charge in [0, 0.05) is 0 Å². The minimum atomic E-state index is -1.69. The van der Waals surface area contributed by atoms with Gasteiger partial charge in [-0.25, -0.2) is 5.48 Å². The highest BCUT2D eigenvalue weighted by Crippen LogP contribution is 1.89. The normalized spacial score (nSPS) is 12.2. The summed E-state index contributed by atoms with van der Waals surface area (Å²) in [4.78, 5) is 20.0. The number of carbonyl (C=O) groups is 2. The lowest BCUT2D eigenvalue weighted by Crippen LogP contribution is -2.33. The van der Waals surface area contributed by atoms with Gasteiger partial charge in [0.1, 0.15) is 6.10 Å². The summed E-state index contributed by atoms with van der Waals surface area (Å²) >= 11 is 0. The van der Waals surface area contributed by atoms with E-state index in [-0.39, 0.29) is 0 Å². The fraction of sp³-hybridized carbons (Fsp3) is 0.500. The SMILES string of the molecule is O=C(O)CC(O)C(=O)NO. The van der Waals surface area contributed by atoms with Crippen LogP contribution in [0.4, 0.5) is 0 Å². The van der Waals surface area contributed by atoms with Crippen LogP contribution in [0, 0.1) is 0 Å². The first kappa shape index (κ1) is 8.86. The van der Waals surface area contributed by atoms with Gasteiger partial charge in [0.2, 0.25) is 0 Å². The second-order valence-corrected chi connectivity index (χ2v) is 1.59. The molecule has 4 N–H and O–H groups in total. The van der Waals surface area contributed by atoms with Crippen molar-refractivity contribution in [3.8, 4) is 0 Å². The van der Waals surface area contributed by atoms with Crippen molar-refractivity contribution in [1.29, 1.82) is 0 Å². The van der Waals surface area contributed by atoms with E-state index in [1.807, 2.05) is 0 Å². The number of carboxylic acids is 1. The second kappa shape index (κ2) is 3.80. The minimum Gasteiger partial charge on any atom is -0.481 e. The van der Waals surface area contributed by atoms with Gasteiger partial charge in [-0.3, -0.25) is 14.8 Å². The van der Waals surface area contributed by atoms with Crippen molar-refractivity contribution in [3.63, 3.8) is 0 Å². The van der Waals surface area contributed by atoms with E-state index in [1.54, 1.807) is 0 Å². The van der Waals surface area contributed by atoms with Gasteiger partial charge in [-0.2, -0.15) is 0 Å². The Kier molecular flexibility index (Phi) is 3.37. The summed E-state index contributed by atoms with van der Waals surface area (Å²) in [5.41, 5.74) is 1.12. The topological polar surface area (TPSA) is 107 Å². The fourth-order valence-electron chi connectivity index (χ4n) is 0.333. The van der Waals surface area contributed by atoms with Crippen LogP contribution in [0.5, 0.6) is 0 Å². The maximum absolute atomic E-state index is 10.2. The van der Waals surface area contributed by atoms with E-state index in [0.717, 1.165) is 5.48 Å². The molecule has 0 aromatic rings. The third kappa shape index (κ3) is 3.00. The van der Waals surface area contributed by atoms with Crippen molar-refractivity contribution in [2.45, 2.75) is 12.5 Å². The molecule has 0 heterocycles. The third-order valence-electron chi connectivity index (χ3n) is 0.781. The lowest BCUT2D eigenvalue weighted by molar-refractivity contribution is -0.147. The van der Waals surface area contributed by atoms with Crippen molar-refractivity contribution in [2.24, 2.45) is 0 Å². The lowest BCUT2D eigenvalue weighted by Gasteiger charge is -2.02. The monoisotopic (exact) mass is 149 g/mol. The number of hydrogen-bond acceptors (Lipinski definition) is 4. The molecule has 0 bridgehead atoms. The Bertz CT molecular complexity index is 145. The molecule has 0 fully saturated rings. The number of carboxylic acid groups (broad SMARTS) is 1. The van der Waals surface area contributed by atoms with Gasteiger partial charge in [-0.1, -0.05) is 0 Å². The molecule has 0 rings (SSSR count). The zero-order valence-corrected chi connectivity index (χ0v) is 4.94.